The van der Waals surface area contributed by atoms with E-state index in [0.29, 0.717) is 0 Å². The minimum atomic E-state index is 0.978. The number of para-hydroxylation sites is 1. The van der Waals surface area contributed by atoms with Crippen molar-refractivity contribution >= 4 is 29.2 Å². The van der Waals surface area contributed by atoms with Gasteiger partial charge in [0, 0.05) is 29.2 Å². The number of fused-ring (bicyclic) bond motifs is 2. The Morgan fingerprint density at radius 1 is 0.543 bits per heavy atom. The molecule has 5 aromatic rings. The van der Waals surface area contributed by atoms with E-state index >= 15 is 0 Å². The van der Waals surface area contributed by atoms with Gasteiger partial charge in [-0.25, -0.2) is 0 Å². The molecule has 0 fully saturated rings. The van der Waals surface area contributed by atoms with E-state index < -0.39 is 0 Å². The first-order valence-electron chi connectivity index (χ1n) is 11.8. The molecular weight excluding hydrogens is 426 g/mol. The van der Waals surface area contributed by atoms with Gasteiger partial charge in [0.1, 0.15) is 0 Å². The lowest BCUT2D eigenvalue weighted by Gasteiger charge is -2.28. The van der Waals surface area contributed by atoms with E-state index in [1.165, 1.54) is 16.7 Å². The van der Waals surface area contributed by atoms with Crippen LogP contribution in [0.4, 0.5) is 17.1 Å². The molecule has 3 aromatic carbocycles. The van der Waals surface area contributed by atoms with Crippen LogP contribution in [0, 0.1) is 13.8 Å². The third-order valence-electron chi connectivity index (χ3n) is 6.42. The standard InChI is InChI=1S/C32H25N3/c1-22-14-16-33-29(18-22)26-7-5-8-28(20-26)35-31-9-4-3-6-24(31)10-11-25-12-13-27(21-32(25)35)30-19-23(2)15-17-34-30/h3-21H,1-2H3. The van der Waals surface area contributed by atoms with Crippen molar-refractivity contribution in [2.45, 2.75) is 13.8 Å². The van der Waals surface area contributed by atoms with Crippen LogP contribution in [0.2, 0.25) is 0 Å². The third-order valence-corrected chi connectivity index (χ3v) is 6.42. The highest BCUT2D eigenvalue weighted by atomic mass is 15.1. The molecular formula is C32H25N3. The highest BCUT2D eigenvalue weighted by Gasteiger charge is 2.21. The maximum absolute atomic E-state index is 4.64. The smallest absolute Gasteiger partial charge is 0.0705 e. The van der Waals surface area contributed by atoms with Crippen LogP contribution < -0.4 is 4.90 Å². The van der Waals surface area contributed by atoms with E-state index in [2.05, 4.69) is 120 Å². The number of benzene rings is 3. The summed E-state index contributed by atoms with van der Waals surface area (Å²) in [6.07, 6.45) is 8.15. The van der Waals surface area contributed by atoms with Crippen LogP contribution in [0.25, 0.3) is 34.7 Å². The Kier molecular flexibility index (Phi) is 5.23. The Balaban J connectivity index is 1.56. The predicted molar refractivity (Wildman–Crippen MR) is 146 cm³/mol. The Labute approximate surface area is 206 Å². The van der Waals surface area contributed by atoms with Gasteiger partial charge in [0.25, 0.3) is 0 Å². The van der Waals surface area contributed by atoms with Crippen LogP contribution in [0.15, 0.2) is 103 Å². The number of anilines is 3. The summed E-state index contributed by atoms with van der Waals surface area (Å²) in [5.41, 5.74) is 12.3. The van der Waals surface area contributed by atoms with Gasteiger partial charge in [0.2, 0.25) is 0 Å². The molecule has 2 aromatic heterocycles. The van der Waals surface area contributed by atoms with Crippen LogP contribution in [0.5, 0.6) is 0 Å². The second-order valence-corrected chi connectivity index (χ2v) is 8.99. The van der Waals surface area contributed by atoms with Gasteiger partial charge < -0.3 is 4.90 Å². The fourth-order valence-corrected chi connectivity index (χ4v) is 4.65. The van der Waals surface area contributed by atoms with Crippen LogP contribution in [-0.2, 0) is 0 Å². The summed E-state index contributed by atoms with van der Waals surface area (Å²) in [6.45, 7) is 4.20. The molecule has 0 spiro atoms. The Bertz CT molecular complexity index is 1580. The van der Waals surface area contributed by atoms with Gasteiger partial charge in [0.05, 0.1) is 22.8 Å². The summed E-state index contributed by atoms with van der Waals surface area (Å²) in [7, 11) is 0. The van der Waals surface area contributed by atoms with Gasteiger partial charge in [-0.15, -0.1) is 0 Å². The van der Waals surface area contributed by atoms with Crippen molar-refractivity contribution in [2.75, 3.05) is 4.90 Å². The third kappa shape index (κ3) is 4.02. The van der Waals surface area contributed by atoms with Gasteiger partial charge in [0.15, 0.2) is 0 Å². The lowest BCUT2D eigenvalue weighted by Crippen LogP contribution is -2.12. The molecule has 1 aliphatic rings. The van der Waals surface area contributed by atoms with Gasteiger partial charge in [-0.1, -0.05) is 54.6 Å². The molecule has 0 saturated carbocycles. The molecule has 3 nitrogen and oxygen atoms in total. The molecule has 0 radical (unpaired) electrons. The second-order valence-electron chi connectivity index (χ2n) is 8.99. The number of hydrogen-bond acceptors (Lipinski definition) is 3. The summed E-state index contributed by atoms with van der Waals surface area (Å²) >= 11 is 0. The summed E-state index contributed by atoms with van der Waals surface area (Å²) < 4.78 is 0. The first kappa shape index (κ1) is 21.1. The maximum atomic E-state index is 4.64. The van der Waals surface area contributed by atoms with Gasteiger partial charge in [-0.2, -0.15) is 0 Å². The number of aryl methyl sites for hydroxylation is 2. The van der Waals surface area contributed by atoms with E-state index in [-0.39, 0.29) is 0 Å². The van der Waals surface area contributed by atoms with E-state index in [1.54, 1.807) is 0 Å². The molecule has 35 heavy (non-hydrogen) atoms. The summed E-state index contributed by atoms with van der Waals surface area (Å²) in [4.78, 5) is 11.6. The van der Waals surface area contributed by atoms with Crippen molar-refractivity contribution in [3.8, 4) is 22.5 Å². The van der Waals surface area contributed by atoms with Crippen molar-refractivity contribution < 1.29 is 0 Å². The van der Waals surface area contributed by atoms with Crippen LogP contribution in [0.3, 0.4) is 0 Å². The molecule has 0 aliphatic carbocycles. The van der Waals surface area contributed by atoms with Crippen LogP contribution in [-0.4, -0.2) is 9.97 Å². The monoisotopic (exact) mass is 451 g/mol. The molecule has 3 heteroatoms. The molecule has 0 atom stereocenters. The second kappa shape index (κ2) is 8.69. The average Bonchev–Trinajstić information content (AvgIpc) is 3.05. The zero-order chi connectivity index (χ0) is 23.8. The molecule has 0 bridgehead atoms. The van der Waals surface area contributed by atoms with Gasteiger partial charge in [-0.05, 0) is 84.6 Å². The molecule has 0 N–H and O–H groups in total. The number of hydrogen-bond donors (Lipinski definition) is 0. The van der Waals surface area contributed by atoms with E-state index in [0.717, 1.165) is 45.1 Å². The molecule has 1 aliphatic heterocycles. The van der Waals surface area contributed by atoms with Crippen molar-refractivity contribution in [3.05, 3.63) is 126 Å². The summed E-state index contributed by atoms with van der Waals surface area (Å²) in [5, 5.41) is 0. The fourth-order valence-electron chi connectivity index (χ4n) is 4.65. The SMILES string of the molecule is Cc1ccnc(-c2cccc(N3c4ccccc4C=Cc4ccc(-c5cc(C)ccn5)cc43)c2)c1. The Hall–Kier alpha value is -4.50. The Morgan fingerprint density at radius 2 is 1.20 bits per heavy atom. The fraction of sp³-hybridized carbons (Fsp3) is 0.0625. The highest BCUT2D eigenvalue weighted by molar-refractivity contribution is 5.95. The molecule has 0 unspecified atom stereocenters. The molecule has 6 rings (SSSR count). The molecule has 168 valence electrons. The van der Waals surface area contributed by atoms with Crippen LogP contribution in [0.1, 0.15) is 22.3 Å². The van der Waals surface area contributed by atoms with E-state index in [1.807, 2.05) is 24.5 Å². The van der Waals surface area contributed by atoms with Crippen LogP contribution >= 0.6 is 0 Å². The maximum Gasteiger partial charge on any atom is 0.0705 e. The first-order chi connectivity index (χ1) is 17.2. The molecule has 0 amide bonds. The van der Waals surface area contributed by atoms with Gasteiger partial charge in [-0.3, -0.25) is 9.97 Å². The number of nitrogens with zero attached hydrogens (tertiary/aromatic N) is 3. The first-order valence-corrected chi connectivity index (χ1v) is 11.8. The minimum absolute atomic E-state index is 0.978. The average molecular weight is 452 g/mol. The van der Waals surface area contributed by atoms with E-state index in [9.17, 15) is 0 Å². The normalized spacial score (nSPS) is 12.1. The zero-order valence-electron chi connectivity index (χ0n) is 19.8. The topological polar surface area (TPSA) is 29.0 Å². The predicted octanol–water partition coefficient (Wildman–Crippen LogP) is 8.38. The zero-order valence-corrected chi connectivity index (χ0v) is 19.8. The minimum Gasteiger partial charge on any atom is -0.309 e. The van der Waals surface area contributed by atoms with Crippen molar-refractivity contribution in [3.63, 3.8) is 0 Å². The number of rotatable bonds is 3. The van der Waals surface area contributed by atoms with Crippen molar-refractivity contribution in [1.82, 2.24) is 9.97 Å². The van der Waals surface area contributed by atoms with Crippen molar-refractivity contribution in [2.24, 2.45) is 0 Å². The molecule has 0 saturated heterocycles. The van der Waals surface area contributed by atoms with E-state index in [4.69, 9.17) is 0 Å². The quantitative estimate of drug-likeness (QED) is 0.270. The summed E-state index contributed by atoms with van der Waals surface area (Å²) in [5.74, 6) is 0. The van der Waals surface area contributed by atoms with Gasteiger partial charge >= 0.3 is 0 Å². The van der Waals surface area contributed by atoms with Crippen molar-refractivity contribution in [1.29, 1.82) is 0 Å². The number of pyridine rings is 2. The number of aromatic nitrogens is 2. The Morgan fingerprint density at radius 3 is 1.91 bits per heavy atom. The highest BCUT2D eigenvalue weighted by Crippen LogP contribution is 2.44. The summed E-state index contributed by atoms with van der Waals surface area (Å²) in [6, 6.07) is 32.1. The largest absolute Gasteiger partial charge is 0.309 e. The lowest BCUT2D eigenvalue weighted by molar-refractivity contribution is 1.25. The lowest BCUT2D eigenvalue weighted by atomic mass is 10.0. The molecule has 3 heterocycles.